The molecule has 0 aliphatic carbocycles. The molecule has 1 aromatic heterocycles. The quantitative estimate of drug-likeness (QED) is 0.439. The standard InChI is InChI=1S/C17H16N3O6P.Na/c1-23-13-7-11(8-14-17(13)25-9-24-14)16-15(18-20-19-16)10-3-5-12(6-4-10)26-27(2,21)22;/h3-8H,9H2,1-2H3,(H,21,22)(H,18,19,20);/q;+1/p-1. The summed E-state index contributed by atoms with van der Waals surface area (Å²) in [6, 6.07) is 10.1. The van der Waals surface area contributed by atoms with Crippen LogP contribution in [0.15, 0.2) is 36.4 Å². The number of H-pyrrole nitrogens is 1. The van der Waals surface area contributed by atoms with Gasteiger partial charge in [-0.25, -0.2) is 0 Å². The molecule has 4 rings (SSSR count). The SMILES string of the molecule is COc1cc(-c2n[nH]nc2-c2ccc(OP(C)(=O)[O-])cc2)cc2c1OCO2.[Na+]. The maximum Gasteiger partial charge on any atom is 1.00 e. The Bertz CT molecular complexity index is 1030. The molecule has 1 N–H and O–H groups in total. The fraction of sp³-hybridized carbons (Fsp3) is 0.176. The van der Waals surface area contributed by atoms with E-state index >= 15 is 0 Å². The second-order valence-corrected chi connectivity index (χ2v) is 7.55. The van der Waals surface area contributed by atoms with Gasteiger partial charge in [-0.05, 0) is 36.4 Å². The summed E-state index contributed by atoms with van der Waals surface area (Å²) in [7, 11) is -2.31. The van der Waals surface area contributed by atoms with Gasteiger partial charge in [0.15, 0.2) is 19.1 Å². The zero-order chi connectivity index (χ0) is 19.0. The van der Waals surface area contributed by atoms with Crippen LogP contribution in [0.4, 0.5) is 0 Å². The Labute approximate surface area is 182 Å². The minimum absolute atomic E-state index is 0. The molecule has 3 aromatic rings. The molecule has 0 fully saturated rings. The number of nitrogens with one attached hydrogen (secondary N) is 1. The van der Waals surface area contributed by atoms with Crippen LogP contribution in [-0.4, -0.2) is 36.0 Å². The average Bonchev–Trinajstić information content (AvgIpc) is 3.29. The Morgan fingerprint density at radius 3 is 2.43 bits per heavy atom. The Morgan fingerprint density at radius 2 is 1.79 bits per heavy atom. The number of methoxy groups -OCH3 is 1. The van der Waals surface area contributed by atoms with Crippen LogP contribution in [0.1, 0.15) is 0 Å². The molecular formula is C17H15N3NaO6P. The van der Waals surface area contributed by atoms with Gasteiger partial charge in [0.05, 0.1) is 7.11 Å². The number of hydrogen-bond acceptors (Lipinski definition) is 8. The molecular weight excluding hydrogens is 396 g/mol. The van der Waals surface area contributed by atoms with Gasteiger partial charge in [0.25, 0.3) is 0 Å². The molecule has 9 nitrogen and oxygen atoms in total. The summed E-state index contributed by atoms with van der Waals surface area (Å²) >= 11 is 0. The zero-order valence-electron chi connectivity index (χ0n) is 15.5. The van der Waals surface area contributed by atoms with E-state index in [1.165, 1.54) is 0 Å². The maximum absolute atomic E-state index is 11.3. The van der Waals surface area contributed by atoms with Crippen LogP contribution in [0.5, 0.6) is 23.0 Å². The largest absolute Gasteiger partial charge is 1.00 e. The molecule has 0 bridgehead atoms. The molecule has 1 unspecified atom stereocenters. The van der Waals surface area contributed by atoms with Gasteiger partial charge in [0, 0.05) is 17.8 Å². The minimum atomic E-state index is -3.86. The molecule has 0 saturated carbocycles. The first-order chi connectivity index (χ1) is 12.9. The maximum atomic E-state index is 11.3. The van der Waals surface area contributed by atoms with Crippen molar-refractivity contribution in [3.05, 3.63) is 36.4 Å². The summed E-state index contributed by atoms with van der Waals surface area (Å²) < 4.78 is 32.4. The number of aromatic amines is 1. The van der Waals surface area contributed by atoms with Gasteiger partial charge < -0.3 is 23.6 Å². The van der Waals surface area contributed by atoms with Gasteiger partial charge in [-0.2, -0.15) is 15.4 Å². The van der Waals surface area contributed by atoms with Crippen LogP contribution in [0.2, 0.25) is 0 Å². The van der Waals surface area contributed by atoms with Crippen LogP contribution in [-0.2, 0) is 4.57 Å². The third-order valence-electron chi connectivity index (χ3n) is 3.88. The minimum Gasteiger partial charge on any atom is -0.769 e. The second-order valence-electron chi connectivity index (χ2n) is 5.82. The fourth-order valence-electron chi connectivity index (χ4n) is 2.76. The van der Waals surface area contributed by atoms with E-state index in [1.54, 1.807) is 43.5 Å². The van der Waals surface area contributed by atoms with Gasteiger partial charge in [-0.15, -0.1) is 0 Å². The number of rotatable bonds is 5. The van der Waals surface area contributed by atoms with Gasteiger partial charge in [-0.1, -0.05) is 0 Å². The van der Waals surface area contributed by atoms with Gasteiger partial charge >= 0.3 is 29.6 Å². The molecule has 1 aliphatic rings. The molecule has 0 radical (unpaired) electrons. The van der Waals surface area contributed by atoms with Crippen molar-refractivity contribution in [1.29, 1.82) is 0 Å². The van der Waals surface area contributed by atoms with E-state index in [4.69, 9.17) is 18.7 Å². The number of fused-ring (bicyclic) bond motifs is 1. The number of benzene rings is 2. The number of hydrogen-bond donors (Lipinski definition) is 1. The van der Waals surface area contributed by atoms with Crippen molar-refractivity contribution in [1.82, 2.24) is 15.4 Å². The second kappa shape index (κ2) is 8.14. The summed E-state index contributed by atoms with van der Waals surface area (Å²) in [5.41, 5.74) is 2.65. The van der Waals surface area contributed by atoms with E-state index in [0.717, 1.165) is 17.8 Å². The normalized spacial score (nSPS) is 14.1. The number of nitrogens with zero attached hydrogens (tertiary/aromatic N) is 2. The molecule has 28 heavy (non-hydrogen) atoms. The first kappa shape index (κ1) is 20.7. The van der Waals surface area contributed by atoms with Gasteiger partial charge in [-0.3, -0.25) is 4.57 Å². The summed E-state index contributed by atoms with van der Waals surface area (Å²) in [5.74, 6) is 1.88. The average molecular weight is 411 g/mol. The molecule has 1 atom stereocenters. The molecule has 0 amide bonds. The van der Waals surface area contributed by atoms with Crippen molar-refractivity contribution in [2.24, 2.45) is 0 Å². The van der Waals surface area contributed by atoms with Gasteiger partial charge in [0.1, 0.15) is 17.1 Å². The molecule has 140 valence electrons. The summed E-state index contributed by atoms with van der Waals surface area (Å²) in [4.78, 5) is 11.3. The Morgan fingerprint density at radius 1 is 1.11 bits per heavy atom. The first-order valence-corrected chi connectivity index (χ1v) is 9.91. The molecule has 1 aliphatic heterocycles. The molecule has 2 aromatic carbocycles. The fourth-order valence-corrected chi connectivity index (χ4v) is 3.27. The van der Waals surface area contributed by atoms with Crippen molar-refractivity contribution in [2.45, 2.75) is 0 Å². The van der Waals surface area contributed by atoms with Crippen LogP contribution in [0.25, 0.3) is 22.5 Å². The monoisotopic (exact) mass is 411 g/mol. The number of ether oxygens (including phenoxy) is 3. The molecule has 11 heteroatoms. The van der Waals surface area contributed by atoms with E-state index in [1.807, 2.05) is 0 Å². The predicted molar refractivity (Wildman–Crippen MR) is 94.1 cm³/mol. The van der Waals surface area contributed by atoms with Crippen LogP contribution in [0, 0.1) is 0 Å². The molecule has 2 heterocycles. The van der Waals surface area contributed by atoms with E-state index in [9.17, 15) is 9.46 Å². The van der Waals surface area contributed by atoms with Crippen molar-refractivity contribution >= 4 is 7.60 Å². The summed E-state index contributed by atoms with van der Waals surface area (Å²) in [6.07, 6.45) is 0. The smallest absolute Gasteiger partial charge is 0.769 e. The number of aromatic nitrogens is 3. The summed E-state index contributed by atoms with van der Waals surface area (Å²) in [6.45, 7) is 1.15. The molecule has 0 saturated heterocycles. The van der Waals surface area contributed by atoms with Crippen LogP contribution >= 0.6 is 7.60 Å². The first-order valence-electron chi connectivity index (χ1n) is 7.92. The van der Waals surface area contributed by atoms with Crippen molar-refractivity contribution in [3.63, 3.8) is 0 Å². The Hall–Kier alpha value is -2.03. The molecule has 0 spiro atoms. The Balaban J connectivity index is 0.00000225. The topological polar surface area (TPSA) is 119 Å². The zero-order valence-corrected chi connectivity index (χ0v) is 18.4. The Kier molecular flexibility index (Phi) is 6.02. The van der Waals surface area contributed by atoms with Crippen molar-refractivity contribution in [2.75, 3.05) is 20.6 Å². The third-order valence-corrected chi connectivity index (χ3v) is 4.42. The van der Waals surface area contributed by atoms with Gasteiger partial charge in [0.2, 0.25) is 12.5 Å². The third kappa shape index (κ3) is 4.19. The van der Waals surface area contributed by atoms with E-state index in [2.05, 4.69) is 15.4 Å². The van der Waals surface area contributed by atoms with E-state index < -0.39 is 7.60 Å². The van der Waals surface area contributed by atoms with Crippen LogP contribution in [0.3, 0.4) is 0 Å². The summed E-state index contributed by atoms with van der Waals surface area (Å²) in [5, 5.41) is 11.1. The predicted octanol–water partition coefficient (Wildman–Crippen LogP) is -0.558. The van der Waals surface area contributed by atoms with Crippen molar-refractivity contribution in [3.8, 4) is 45.5 Å². The van der Waals surface area contributed by atoms with Crippen molar-refractivity contribution < 1.29 is 57.8 Å². The van der Waals surface area contributed by atoms with Crippen LogP contribution < -0.4 is 53.2 Å². The van der Waals surface area contributed by atoms with E-state index in [0.29, 0.717) is 28.6 Å². The van der Waals surface area contributed by atoms with E-state index in [-0.39, 0.29) is 42.1 Å².